The van der Waals surface area contributed by atoms with Gasteiger partial charge >= 0.3 is 0 Å². The number of fused-ring (bicyclic) bond motifs is 9. The Hall–Kier alpha value is -4.68. The molecule has 8 rings (SSSR count). The van der Waals surface area contributed by atoms with Crippen LogP contribution in [-0.2, 0) is 6.42 Å². The van der Waals surface area contributed by atoms with E-state index < -0.39 is 0 Å². The zero-order valence-electron chi connectivity index (χ0n) is 20.4. The van der Waals surface area contributed by atoms with Gasteiger partial charge < -0.3 is 0 Å². The fraction of sp³-hybridized carbons (Fsp3) is 0.0270. The summed E-state index contributed by atoms with van der Waals surface area (Å²) in [5.41, 5.74) is 10.7. The molecule has 0 nitrogen and oxygen atoms in total. The van der Waals surface area contributed by atoms with E-state index in [0.29, 0.717) is 0 Å². The standard InChI is InChI=1S/C37H24/c1-2-11-30-28(8-1)22-29-21-26(16-18-31(29)30)24-9-7-10-25(20-24)27-17-19-36-34-14-4-3-12-32(34)33-13-5-6-15-35(33)37(36)23-27/h1-21,23H,22H2. The maximum atomic E-state index is 2.38. The van der Waals surface area contributed by atoms with Crippen LogP contribution in [0.4, 0.5) is 0 Å². The Morgan fingerprint density at radius 2 is 0.811 bits per heavy atom. The molecule has 0 spiro atoms. The molecule has 0 aromatic heterocycles. The first-order chi connectivity index (χ1) is 18.3. The first-order valence-corrected chi connectivity index (χ1v) is 13.0. The van der Waals surface area contributed by atoms with E-state index >= 15 is 0 Å². The van der Waals surface area contributed by atoms with Gasteiger partial charge in [-0.2, -0.15) is 0 Å². The van der Waals surface area contributed by atoms with Crippen LogP contribution in [0.1, 0.15) is 11.1 Å². The van der Waals surface area contributed by atoms with Gasteiger partial charge in [-0.15, -0.1) is 0 Å². The van der Waals surface area contributed by atoms with Gasteiger partial charge in [0.25, 0.3) is 0 Å². The van der Waals surface area contributed by atoms with Crippen molar-refractivity contribution in [1.82, 2.24) is 0 Å². The Labute approximate surface area is 216 Å². The molecule has 172 valence electrons. The molecular formula is C37H24. The van der Waals surface area contributed by atoms with Crippen LogP contribution in [0.2, 0.25) is 0 Å². The molecule has 1 aliphatic carbocycles. The minimum absolute atomic E-state index is 1.02. The van der Waals surface area contributed by atoms with E-state index in [1.54, 1.807) is 0 Å². The van der Waals surface area contributed by atoms with Crippen molar-refractivity contribution in [1.29, 1.82) is 0 Å². The molecule has 0 heteroatoms. The lowest BCUT2D eigenvalue weighted by atomic mass is 9.91. The molecule has 0 N–H and O–H groups in total. The van der Waals surface area contributed by atoms with Gasteiger partial charge in [-0.1, -0.05) is 121 Å². The topological polar surface area (TPSA) is 0 Å². The molecule has 37 heavy (non-hydrogen) atoms. The van der Waals surface area contributed by atoms with Crippen LogP contribution in [0, 0.1) is 0 Å². The first kappa shape index (κ1) is 20.5. The van der Waals surface area contributed by atoms with Gasteiger partial charge in [0, 0.05) is 0 Å². The lowest BCUT2D eigenvalue weighted by Gasteiger charge is -2.13. The predicted molar refractivity (Wildman–Crippen MR) is 158 cm³/mol. The van der Waals surface area contributed by atoms with Gasteiger partial charge in [-0.25, -0.2) is 0 Å². The van der Waals surface area contributed by atoms with E-state index in [9.17, 15) is 0 Å². The average molecular weight is 469 g/mol. The van der Waals surface area contributed by atoms with Gasteiger partial charge in [0.2, 0.25) is 0 Å². The van der Waals surface area contributed by atoms with Crippen LogP contribution in [0.5, 0.6) is 0 Å². The summed E-state index contributed by atoms with van der Waals surface area (Å²) in [5.74, 6) is 0. The van der Waals surface area contributed by atoms with Crippen LogP contribution in [-0.4, -0.2) is 0 Å². The van der Waals surface area contributed by atoms with E-state index in [2.05, 4.69) is 133 Å². The van der Waals surface area contributed by atoms with Gasteiger partial charge in [0.05, 0.1) is 0 Å². The molecule has 1 aliphatic rings. The Morgan fingerprint density at radius 3 is 1.54 bits per heavy atom. The molecule has 0 saturated heterocycles. The molecular weight excluding hydrogens is 444 g/mol. The largest absolute Gasteiger partial charge is 0.0619 e. The van der Waals surface area contributed by atoms with E-state index in [1.807, 2.05) is 0 Å². The highest BCUT2D eigenvalue weighted by molar-refractivity contribution is 6.25. The fourth-order valence-electron chi connectivity index (χ4n) is 6.29. The zero-order valence-corrected chi connectivity index (χ0v) is 20.4. The molecule has 0 radical (unpaired) electrons. The van der Waals surface area contributed by atoms with Crippen LogP contribution in [0.25, 0.3) is 65.7 Å². The number of benzene rings is 7. The molecule has 0 amide bonds. The monoisotopic (exact) mass is 468 g/mol. The van der Waals surface area contributed by atoms with E-state index in [1.165, 1.54) is 76.8 Å². The molecule has 0 fully saturated rings. The third-order valence-corrected chi connectivity index (χ3v) is 8.07. The quantitative estimate of drug-likeness (QED) is 0.221. The summed E-state index contributed by atoms with van der Waals surface area (Å²) >= 11 is 0. The lowest BCUT2D eigenvalue weighted by molar-refractivity contribution is 1.26. The Balaban J connectivity index is 1.26. The van der Waals surface area contributed by atoms with Gasteiger partial charge in [0.15, 0.2) is 0 Å². The summed E-state index contributed by atoms with van der Waals surface area (Å²) in [6.07, 6.45) is 1.02. The molecule has 0 bridgehead atoms. The SMILES string of the molecule is c1cc(-c2ccc3c(c2)Cc2ccccc2-3)cc(-c2ccc3c4ccccc4c4ccccc4c3c2)c1. The second kappa shape index (κ2) is 7.91. The predicted octanol–water partition coefficient (Wildman–Crippen LogP) is 10.1. The number of hydrogen-bond acceptors (Lipinski definition) is 0. The molecule has 0 unspecified atom stereocenters. The van der Waals surface area contributed by atoms with Gasteiger partial charge in [0.1, 0.15) is 0 Å². The minimum atomic E-state index is 1.02. The van der Waals surface area contributed by atoms with E-state index in [0.717, 1.165) is 6.42 Å². The van der Waals surface area contributed by atoms with Crippen molar-refractivity contribution in [2.45, 2.75) is 6.42 Å². The van der Waals surface area contributed by atoms with Crippen LogP contribution >= 0.6 is 0 Å². The summed E-state index contributed by atoms with van der Waals surface area (Å²) in [7, 11) is 0. The fourth-order valence-corrected chi connectivity index (χ4v) is 6.29. The first-order valence-electron chi connectivity index (χ1n) is 13.0. The molecule has 0 heterocycles. The van der Waals surface area contributed by atoms with Crippen LogP contribution in [0.15, 0.2) is 133 Å². The molecule has 0 saturated carbocycles. The lowest BCUT2D eigenvalue weighted by Crippen LogP contribution is -1.87. The van der Waals surface area contributed by atoms with Gasteiger partial charge in [-0.05, 0) is 95.4 Å². The second-order valence-corrected chi connectivity index (χ2v) is 10.1. The third kappa shape index (κ3) is 3.16. The zero-order chi connectivity index (χ0) is 24.3. The summed E-state index contributed by atoms with van der Waals surface area (Å²) in [5, 5.41) is 7.89. The number of hydrogen-bond donors (Lipinski definition) is 0. The van der Waals surface area contributed by atoms with Crippen LogP contribution < -0.4 is 0 Å². The average Bonchev–Trinajstić information content (AvgIpc) is 3.35. The normalized spacial score (nSPS) is 12.2. The molecule has 7 aromatic rings. The van der Waals surface area contributed by atoms with Crippen molar-refractivity contribution >= 4 is 32.3 Å². The molecule has 0 atom stereocenters. The van der Waals surface area contributed by atoms with E-state index in [4.69, 9.17) is 0 Å². The highest BCUT2D eigenvalue weighted by Gasteiger charge is 2.18. The van der Waals surface area contributed by atoms with Crippen molar-refractivity contribution in [2.24, 2.45) is 0 Å². The summed E-state index contributed by atoms with van der Waals surface area (Å²) in [4.78, 5) is 0. The Bertz CT molecular complexity index is 1970. The van der Waals surface area contributed by atoms with Crippen molar-refractivity contribution in [3.8, 4) is 33.4 Å². The highest BCUT2D eigenvalue weighted by atomic mass is 14.2. The number of rotatable bonds is 2. The van der Waals surface area contributed by atoms with Crippen molar-refractivity contribution < 1.29 is 0 Å². The molecule has 0 aliphatic heterocycles. The van der Waals surface area contributed by atoms with Crippen LogP contribution in [0.3, 0.4) is 0 Å². The minimum Gasteiger partial charge on any atom is -0.0619 e. The Morgan fingerprint density at radius 1 is 0.297 bits per heavy atom. The maximum Gasteiger partial charge on any atom is -0.00132 e. The van der Waals surface area contributed by atoms with Crippen molar-refractivity contribution in [2.75, 3.05) is 0 Å². The van der Waals surface area contributed by atoms with Crippen molar-refractivity contribution in [3.63, 3.8) is 0 Å². The van der Waals surface area contributed by atoms with Crippen molar-refractivity contribution in [3.05, 3.63) is 145 Å². The van der Waals surface area contributed by atoms with E-state index in [-0.39, 0.29) is 0 Å². The second-order valence-electron chi connectivity index (χ2n) is 10.1. The summed E-state index contributed by atoms with van der Waals surface area (Å²) < 4.78 is 0. The maximum absolute atomic E-state index is 2.38. The summed E-state index contributed by atoms with van der Waals surface area (Å²) in [6, 6.07) is 49.3. The smallest absolute Gasteiger partial charge is 0.00132 e. The summed E-state index contributed by atoms with van der Waals surface area (Å²) in [6.45, 7) is 0. The third-order valence-electron chi connectivity index (χ3n) is 8.07. The molecule has 7 aromatic carbocycles. The Kier molecular flexibility index (Phi) is 4.39. The highest BCUT2D eigenvalue weighted by Crippen LogP contribution is 2.40. The van der Waals surface area contributed by atoms with Gasteiger partial charge in [-0.3, -0.25) is 0 Å².